The van der Waals surface area contributed by atoms with Gasteiger partial charge in [-0.3, -0.25) is 0 Å². The van der Waals surface area contributed by atoms with E-state index in [1.165, 1.54) is 0 Å². The van der Waals surface area contributed by atoms with Gasteiger partial charge in [-0.25, -0.2) is 9.78 Å². The first kappa shape index (κ1) is 19.5. The summed E-state index contributed by atoms with van der Waals surface area (Å²) >= 11 is 12.5. The van der Waals surface area contributed by atoms with Crippen LogP contribution < -0.4 is 9.64 Å². The Hall–Kier alpha value is -2.31. The lowest BCUT2D eigenvalue weighted by Crippen LogP contribution is -2.25. The minimum Gasteiger partial charge on any atom is -0.463 e. The van der Waals surface area contributed by atoms with Gasteiger partial charge in [-0.05, 0) is 31.5 Å². The van der Waals surface area contributed by atoms with Crippen LogP contribution in [0, 0.1) is 0 Å². The van der Waals surface area contributed by atoms with Crippen LogP contribution in [-0.4, -0.2) is 36.6 Å². The van der Waals surface area contributed by atoms with Crippen molar-refractivity contribution in [1.29, 1.82) is 0 Å². The van der Waals surface area contributed by atoms with Crippen LogP contribution in [0.2, 0.25) is 10.2 Å². The number of carbonyl (C=O) groups excluding carboxylic acids is 1. The van der Waals surface area contributed by atoms with Crippen molar-refractivity contribution in [3.63, 3.8) is 0 Å². The van der Waals surface area contributed by atoms with Gasteiger partial charge in [0.15, 0.2) is 0 Å². The van der Waals surface area contributed by atoms with E-state index in [-0.39, 0.29) is 11.8 Å². The highest BCUT2D eigenvalue weighted by Crippen LogP contribution is 2.46. The highest BCUT2D eigenvalue weighted by atomic mass is 35.5. The molecule has 0 aliphatic carbocycles. The molecule has 1 aromatic heterocycles. The Labute approximate surface area is 167 Å². The van der Waals surface area contributed by atoms with E-state index in [0.717, 1.165) is 5.56 Å². The Balaban J connectivity index is 2.24. The molecule has 142 valence electrons. The quantitative estimate of drug-likeness (QED) is 0.558. The molecule has 0 spiro atoms. The summed E-state index contributed by atoms with van der Waals surface area (Å²) < 4.78 is 11.1. The third-order valence-electron chi connectivity index (χ3n) is 4.16. The van der Waals surface area contributed by atoms with Gasteiger partial charge in [0.25, 0.3) is 0 Å². The number of allylic oxidation sites excluding steroid dienone is 1. The molecule has 0 N–H and O–H groups in total. The third kappa shape index (κ3) is 3.73. The van der Waals surface area contributed by atoms with Gasteiger partial charge in [-0.2, -0.15) is 4.98 Å². The number of fused-ring (bicyclic) bond motifs is 1. The molecule has 1 unspecified atom stereocenters. The number of benzene rings is 1. The number of hydrogen-bond acceptors (Lipinski definition) is 6. The minimum atomic E-state index is -0.520. The van der Waals surface area contributed by atoms with Gasteiger partial charge in [0.1, 0.15) is 10.9 Å². The van der Waals surface area contributed by atoms with Gasteiger partial charge < -0.3 is 14.4 Å². The molecular formula is C19H19Cl2N3O3. The van der Waals surface area contributed by atoms with Gasteiger partial charge >= 0.3 is 5.97 Å². The molecule has 1 aliphatic rings. The SMILES string of the molecule is CCOC(=O)C1=C(C)Oc2nc(N(C)C)nc(Cl)c2C1c1ccc(Cl)cc1. The monoisotopic (exact) mass is 407 g/mol. The van der Waals surface area contributed by atoms with E-state index in [1.54, 1.807) is 30.9 Å². The zero-order chi connectivity index (χ0) is 19.7. The maximum atomic E-state index is 12.7. The predicted octanol–water partition coefficient (Wildman–Crippen LogP) is 4.21. The topological polar surface area (TPSA) is 64.6 Å². The lowest BCUT2D eigenvalue weighted by Gasteiger charge is -2.29. The number of ether oxygens (including phenoxy) is 2. The maximum Gasteiger partial charge on any atom is 0.338 e. The molecule has 8 heteroatoms. The van der Waals surface area contributed by atoms with Crippen molar-refractivity contribution in [1.82, 2.24) is 9.97 Å². The van der Waals surface area contributed by atoms with Crippen LogP contribution in [0.4, 0.5) is 5.95 Å². The van der Waals surface area contributed by atoms with Gasteiger partial charge in [-0.15, -0.1) is 0 Å². The Kier molecular flexibility index (Phi) is 5.58. The molecule has 1 aromatic carbocycles. The minimum absolute atomic E-state index is 0.220. The number of aromatic nitrogens is 2. The van der Waals surface area contributed by atoms with Crippen molar-refractivity contribution >= 4 is 35.1 Å². The summed E-state index contributed by atoms with van der Waals surface area (Å²) in [4.78, 5) is 23.2. The first-order valence-corrected chi connectivity index (χ1v) is 9.15. The largest absolute Gasteiger partial charge is 0.463 e. The summed E-state index contributed by atoms with van der Waals surface area (Å²) in [6, 6.07) is 7.19. The number of carbonyl (C=O) groups is 1. The summed E-state index contributed by atoms with van der Waals surface area (Å²) in [5.74, 6) is 0.174. The first-order valence-electron chi connectivity index (χ1n) is 8.39. The molecule has 1 atom stereocenters. The number of esters is 1. The predicted molar refractivity (Wildman–Crippen MR) is 105 cm³/mol. The van der Waals surface area contributed by atoms with Crippen LogP contribution in [0.3, 0.4) is 0 Å². The summed E-state index contributed by atoms with van der Waals surface area (Å²) in [5, 5.41) is 0.813. The second-order valence-electron chi connectivity index (χ2n) is 6.20. The van der Waals surface area contributed by atoms with Crippen molar-refractivity contribution in [2.75, 3.05) is 25.6 Å². The van der Waals surface area contributed by atoms with E-state index in [1.807, 2.05) is 26.2 Å². The van der Waals surface area contributed by atoms with E-state index in [4.69, 9.17) is 32.7 Å². The lowest BCUT2D eigenvalue weighted by atomic mass is 9.84. The molecular weight excluding hydrogens is 389 g/mol. The van der Waals surface area contributed by atoms with Crippen LogP contribution in [0.25, 0.3) is 0 Å². The number of nitrogens with zero attached hydrogens (tertiary/aromatic N) is 3. The van der Waals surface area contributed by atoms with Crippen molar-refractivity contribution in [3.05, 3.63) is 56.9 Å². The molecule has 2 heterocycles. The number of anilines is 1. The van der Waals surface area contributed by atoms with Gasteiger partial charge in [-0.1, -0.05) is 35.3 Å². The Bertz CT molecular complexity index is 911. The normalized spacial score (nSPS) is 15.9. The fourth-order valence-corrected chi connectivity index (χ4v) is 3.33. The second-order valence-corrected chi connectivity index (χ2v) is 7.00. The van der Waals surface area contributed by atoms with Crippen LogP contribution in [0.15, 0.2) is 35.6 Å². The lowest BCUT2D eigenvalue weighted by molar-refractivity contribution is -0.139. The molecule has 0 fully saturated rings. The number of halogens is 2. The van der Waals surface area contributed by atoms with Crippen molar-refractivity contribution in [2.24, 2.45) is 0 Å². The molecule has 6 nitrogen and oxygen atoms in total. The summed E-state index contributed by atoms with van der Waals surface area (Å²) in [7, 11) is 3.62. The Morgan fingerprint density at radius 1 is 1.22 bits per heavy atom. The summed E-state index contributed by atoms with van der Waals surface area (Å²) in [6.45, 7) is 3.71. The highest BCUT2D eigenvalue weighted by Gasteiger charge is 2.38. The average Bonchev–Trinajstić information content (AvgIpc) is 2.61. The van der Waals surface area contributed by atoms with Crippen LogP contribution >= 0.6 is 23.2 Å². The van der Waals surface area contributed by atoms with E-state index < -0.39 is 11.9 Å². The van der Waals surface area contributed by atoms with Crippen LogP contribution in [-0.2, 0) is 9.53 Å². The number of hydrogen-bond donors (Lipinski definition) is 0. The molecule has 0 saturated heterocycles. The Morgan fingerprint density at radius 3 is 2.48 bits per heavy atom. The van der Waals surface area contributed by atoms with Crippen molar-refractivity contribution in [3.8, 4) is 5.88 Å². The molecule has 27 heavy (non-hydrogen) atoms. The molecule has 0 bridgehead atoms. The average molecular weight is 408 g/mol. The number of rotatable bonds is 4. The molecule has 3 rings (SSSR count). The van der Waals surface area contributed by atoms with Crippen molar-refractivity contribution in [2.45, 2.75) is 19.8 Å². The van der Waals surface area contributed by atoms with Crippen molar-refractivity contribution < 1.29 is 14.3 Å². The van der Waals surface area contributed by atoms with E-state index in [9.17, 15) is 4.79 Å². The van der Waals surface area contributed by atoms with Gasteiger partial charge in [0.05, 0.1) is 23.7 Å². The van der Waals surface area contributed by atoms with E-state index in [0.29, 0.717) is 33.7 Å². The zero-order valence-corrected chi connectivity index (χ0v) is 16.9. The fourth-order valence-electron chi connectivity index (χ4n) is 2.94. The highest BCUT2D eigenvalue weighted by molar-refractivity contribution is 6.31. The molecule has 0 radical (unpaired) electrons. The maximum absolute atomic E-state index is 12.7. The zero-order valence-electron chi connectivity index (χ0n) is 15.4. The van der Waals surface area contributed by atoms with Gasteiger partial charge in [0.2, 0.25) is 11.8 Å². The van der Waals surface area contributed by atoms with E-state index >= 15 is 0 Å². The molecule has 0 saturated carbocycles. The first-order chi connectivity index (χ1) is 12.8. The van der Waals surface area contributed by atoms with Crippen LogP contribution in [0.1, 0.15) is 30.9 Å². The smallest absolute Gasteiger partial charge is 0.338 e. The second kappa shape index (κ2) is 7.74. The standard InChI is InChI=1S/C19H19Cl2N3O3/c1-5-26-18(25)13-10(2)27-17-15(16(21)22-19(23-17)24(3)4)14(13)11-6-8-12(20)9-7-11/h6-9,14H,5H2,1-4H3. The summed E-state index contributed by atoms with van der Waals surface area (Å²) in [5.41, 5.74) is 1.71. The van der Waals surface area contributed by atoms with Gasteiger partial charge in [0, 0.05) is 19.1 Å². The molecule has 0 amide bonds. The molecule has 1 aliphatic heterocycles. The molecule has 2 aromatic rings. The third-order valence-corrected chi connectivity index (χ3v) is 4.70. The van der Waals surface area contributed by atoms with E-state index in [2.05, 4.69) is 9.97 Å². The fraction of sp³-hybridized carbons (Fsp3) is 0.316. The summed E-state index contributed by atoms with van der Waals surface area (Å²) in [6.07, 6.45) is 0. The Morgan fingerprint density at radius 2 is 1.89 bits per heavy atom. The van der Waals surface area contributed by atoms with Crippen LogP contribution in [0.5, 0.6) is 5.88 Å².